The lowest BCUT2D eigenvalue weighted by atomic mass is 10.3. The van der Waals surface area contributed by atoms with Crippen LogP contribution in [0.1, 0.15) is 46.5 Å². The molecule has 0 heterocycles. The summed E-state index contributed by atoms with van der Waals surface area (Å²) in [7, 11) is 0. The van der Waals surface area contributed by atoms with E-state index in [2.05, 4.69) is 0 Å². The summed E-state index contributed by atoms with van der Waals surface area (Å²) in [6.07, 6.45) is 2.05. The first kappa shape index (κ1) is 21.4. The van der Waals surface area contributed by atoms with Crippen molar-refractivity contribution in [2.45, 2.75) is 46.5 Å². The Hall–Kier alpha value is -1.63. The van der Waals surface area contributed by atoms with Crippen molar-refractivity contribution in [3.8, 4) is 0 Å². The van der Waals surface area contributed by atoms with Crippen LogP contribution in [-0.2, 0) is 28.6 Å². The zero-order valence-electron chi connectivity index (χ0n) is 14.5. The zero-order chi connectivity index (χ0) is 17.5. The van der Waals surface area contributed by atoms with E-state index in [1.54, 1.807) is 0 Å². The number of ether oxygens (including phenoxy) is 3. The normalized spacial score (nSPS) is 10.4. The molecule has 0 spiro atoms. The minimum Gasteiger partial charge on any atom is -0.466 e. The van der Waals surface area contributed by atoms with Gasteiger partial charge >= 0.3 is 17.9 Å². The molecule has 0 radical (unpaired) electrons. The standard InChI is InChI=1S/C16H29NO6/c1-4-11-22-15(19)6-8-17(10-13-21-14(3)18)9-7-16(20)23-12-5-2/h4-13H2,1-3H3. The minimum atomic E-state index is -0.352. The summed E-state index contributed by atoms with van der Waals surface area (Å²) in [6, 6.07) is 0. The first-order chi connectivity index (χ1) is 11.0. The Labute approximate surface area is 138 Å². The van der Waals surface area contributed by atoms with Crippen LogP contribution in [0.3, 0.4) is 0 Å². The molecule has 0 N–H and O–H groups in total. The van der Waals surface area contributed by atoms with E-state index in [0.717, 1.165) is 12.8 Å². The minimum absolute atomic E-state index is 0.226. The highest BCUT2D eigenvalue weighted by Crippen LogP contribution is 1.99. The van der Waals surface area contributed by atoms with Crippen LogP contribution < -0.4 is 0 Å². The van der Waals surface area contributed by atoms with Crippen molar-refractivity contribution in [3.05, 3.63) is 0 Å². The molecule has 7 heteroatoms. The van der Waals surface area contributed by atoms with Gasteiger partial charge in [0.25, 0.3) is 0 Å². The molecule has 0 aromatic heterocycles. The van der Waals surface area contributed by atoms with Crippen molar-refractivity contribution < 1.29 is 28.6 Å². The maximum atomic E-state index is 11.5. The summed E-state index contributed by atoms with van der Waals surface area (Å²) in [5.74, 6) is -0.884. The summed E-state index contributed by atoms with van der Waals surface area (Å²) in [6.45, 7) is 7.61. The fourth-order valence-corrected chi connectivity index (χ4v) is 1.73. The largest absolute Gasteiger partial charge is 0.466 e. The van der Waals surface area contributed by atoms with E-state index in [1.807, 2.05) is 18.7 Å². The van der Waals surface area contributed by atoms with E-state index in [4.69, 9.17) is 14.2 Å². The third-order valence-electron chi connectivity index (χ3n) is 2.91. The molecule has 0 aromatic carbocycles. The number of hydrogen-bond donors (Lipinski definition) is 0. The molecule has 0 aliphatic rings. The molecule has 0 fully saturated rings. The van der Waals surface area contributed by atoms with Gasteiger partial charge in [-0.05, 0) is 12.8 Å². The molecular formula is C16H29NO6. The van der Waals surface area contributed by atoms with Crippen LogP contribution in [0, 0.1) is 0 Å². The van der Waals surface area contributed by atoms with E-state index in [9.17, 15) is 14.4 Å². The Morgan fingerprint density at radius 3 is 1.61 bits per heavy atom. The van der Waals surface area contributed by atoms with Gasteiger partial charge < -0.3 is 14.2 Å². The summed E-state index contributed by atoms with van der Waals surface area (Å²) >= 11 is 0. The van der Waals surface area contributed by atoms with Crippen LogP contribution in [0.15, 0.2) is 0 Å². The molecule has 0 saturated carbocycles. The molecular weight excluding hydrogens is 302 g/mol. The summed E-state index contributed by atoms with van der Waals surface area (Å²) in [5.41, 5.74) is 0. The lowest BCUT2D eigenvalue weighted by Crippen LogP contribution is -2.33. The highest BCUT2D eigenvalue weighted by atomic mass is 16.5. The lowest BCUT2D eigenvalue weighted by molar-refractivity contribution is -0.146. The quantitative estimate of drug-likeness (QED) is 0.374. The van der Waals surface area contributed by atoms with E-state index < -0.39 is 0 Å². The van der Waals surface area contributed by atoms with Crippen LogP contribution in [0.25, 0.3) is 0 Å². The van der Waals surface area contributed by atoms with Gasteiger partial charge in [-0.3, -0.25) is 19.3 Å². The van der Waals surface area contributed by atoms with Gasteiger partial charge in [0.1, 0.15) is 6.61 Å². The summed E-state index contributed by atoms with van der Waals surface area (Å²) < 4.78 is 14.9. The second-order valence-corrected chi connectivity index (χ2v) is 5.12. The monoisotopic (exact) mass is 331 g/mol. The Morgan fingerprint density at radius 2 is 1.22 bits per heavy atom. The SMILES string of the molecule is CCCOC(=O)CCN(CCOC(C)=O)CCC(=O)OCCC. The Kier molecular flexibility index (Phi) is 13.0. The lowest BCUT2D eigenvalue weighted by Gasteiger charge is -2.21. The van der Waals surface area contributed by atoms with Crippen LogP contribution in [0.4, 0.5) is 0 Å². The molecule has 0 unspecified atom stereocenters. The highest BCUT2D eigenvalue weighted by molar-refractivity contribution is 5.70. The van der Waals surface area contributed by atoms with Crippen LogP contribution >= 0.6 is 0 Å². The van der Waals surface area contributed by atoms with Crippen molar-refractivity contribution in [2.24, 2.45) is 0 Å². The maximum absolute atomic E-state index is 11.5. The molecule has 0 rings (SSSR count). The molecule has 0 amide bonds. The predicted octanol–water partition coefficient (Wildman–Crippen LogP) is 1.54. The van der Waals surface area contributed by atoms with Gasteiger partial charge in [-0.15, -0.1) is 0 Å². The fraction of sp³-hybridized carbons (Fsp3) is 0.812. The van der Waals surface area contributed by atoms with Gasteiger partial charge in [-0.2, -0.15) is 0 Å². The molecule has 0 saturated heterocycles. The average Bonchev–Trinajstić information content (AvgIpc) is 2.52. The smallest absolute Gasteiger partial charge is 0.307 e. The average molecular weight is 331 g/mol. The van der Waals surface area contributed by atoms with E-state index in [0.29, 0.717) is 32.8 Å². The fourth-order valence-electron chi connectivity index (χ4n) is 1.73. The number of carbonyl (C=O) groups is 3. The highest BCUT2D eigenvalue weighted by Gasteiger charge is 2.12. The second kappa shape index (κ2) is 14.0. The van der Waals surface area contributed by atoms with Gasteiger partial charge in [0, 0.05) is 26.6 Å². The Morgan fingerprint density at radius 1 is 0.739 bits per heavy atom. The third-order valence-corrected chi connectivity index (χ3v) is 2.91. The van der Waals surface area contributed by atoms with Gasteiger partial charge in [-0.25, -0.2) is 0 Å². The van der Waals surface area contributed by atoms with Gasteiger partial charge in [0.15, 0.2) is 0 Å². The molecule has 0 bridgehead atoms. The van der Waals surface area contributed by atoms with Gasteiger partial charge in [-0.1, -0.05) is 13.8 Å². The van der Waals surface area contributed by atoms with Crippen LogP contribution in [0.5, 0.6) is 0 Å². The molecule has 0 aliphatic heterocycles. The number of rotatable bonds is 13. The number of hydrogen-bond acceptors (Lipinski definition) is 7. The van der Waals surface area contributed by atoms with E-state index in [-0.39, 0.29) is 37.4 Å². The van der Waals surface area contributed by atoms with Crippen molar-refractivity contribution in [2.75, 3.05) is 39.5 Å². The van der Waals surface area contributed by atoms with Gasteiger partial charge in [0.2, 0.25) is 0 Å². The zero-order valence-corrected chi connectivity index (χ0v) is 14.5. The van der Waals surface area contributed by atoms with Crippen LogP contribution in [-0.4, -0.2) is 62.3 Å². The van der Waals surface area contributed by atoms with Crippen molar-refractivity contribution in [1.29, 1.82) is 0 Å². The molecule has 0 aromatic rings. The topological polar surface area (TPSA) is 82.1 Å². The second-order valence-electron chi connectivity index (χ2n) is 5.12. The van der Waals surface area contributed by atoms with E-state index >= 15 is 0 Å². The molecule has 0 atom stereocenters. The number of esters is 3. The molecule has 134 valence electrons. The Bertz CT molecular complexity index is 334. The predicted molar refractivity (Wildman–Crippen MR) is 84.8 cm³/mol. The van der Waals surface area contributed by atoms with Gasteiger partial charge in [0.05, 0.1) is 26.1 Å². The molecule has 0 aliphatic carbocycles. The number of nitrogens with zero attached hydrogens (tertiary/aromatic N) is 1. The summed E-state index contributed by atoms with van der Waals surface area (Å²) in [4.78, 5) is 35.8. The van der Waals surface area contributed by atoms with E-state index in [1.165, 1.54) is 6.92 Å². The third kappa shape index (κ3) is 13.7. The maximum Gasteiger partial charge on any atom is 0.307 e. The summed E-state index contributed by atoms with van der Waals surface area (Å²) in [5, 5.41) is 0. The van der Waals surface area contributed by atoms with Crippen LogP contribution in [0.2, 0.25) is 0 Å². The van der Waals surface area contributed by atoms with Crippen molar-refractivity contribution in [1.82, 2.24) is 4.90 Å². The Balaban J connectivity index is 4.18. The van der Waals surface area contributed by atoms with Crippen molar-refractivity contribution in [3.63, 3.8) is 0 Å². The first-order valence-electron chi connectivity index (χ1n) is 8.16. The van der Waals surface area contributed by atoms with Crippen molar-refractivity contribution >= 4 is 17.9 Å². The molecule has 23 heavy (non-hydrogen) atoms. The number of carbonyl (C=O) groups excluding carboxylic acids is 3. The molecule has 7 nitrogen and oxygen atoms in total. The first-order valence-corrected chi connectivity index (χ1v) is 8.16.